The van der Waals surface area contributed by atoms with Crippen molar-refractivity contribution in [2.45, 2.75) is 32.1 Å². The molecule has 1 aromatic carbocycles. The van der Waals surface area contributed by atoms with Crippen LogP contribution in [-0.2, 0) is 14.4 Å². The van der Waals surface area contributed by atoms with Crippen molar-refractivity contribution in [2.24, 2.45) is 0 Å². The molecule has 1 aliphatic carbocycles. The van der Waals surface area contributed by atoms with Crippen LogP contribution in [0.2, 0.25) is 0 Å². The van der Waals surface area contributed by atoms with Crippen LogP contribution in [-0.4, -0.2) is 23.4 Å². The van der Waals surface area contributed by atoms with Gasteiger partial charge in [0, 0.05) is 36.0 Å². The highest BCUT2D eigenvalue weighted by Gasteiger charge is 2.38. The molecule has 168 valence electrons. The van der Waals surface area contributed by atoms with Gasteiger partial charge in [-0.25, -0.2) is 0 Å². The summed E-state index contributed by atoms with van der Waals surface area (Å²) < 4.78 is 5.57. The molecule has 2 heterocycles. The molecule has 1 aromatic heterocycles. The highest BCUT2D eigenvalue weighted by molar-refractivity contribution is 8.03. The Bertz CT molecular complexity index is 1190. The molecule has 33 heavy (non-hydrogen) atoms. The molecule has 4 rings (SSSR count). The van der Waals surface area contributed by atoms with E-state index in [-0.39, 0.29) is 23.4 Å². The van der Waals surface area contributed by atoms with E-state index in [1.165, 1.54) is 24.9 Å². The van der Waals surface area contributed by atoms with E-state index in [4.69, 9.17) is 4.42 Å². The Morgan fingerprint density at radius 3 is 2.55 bits per heavy atom. The maximum absolute atomic E-state index is 12.7. The van der Waals surface area contributed by atoms with Crippen molar-refractivity contribution in [3.8, 4) is 6.07 Å². The zero-order valence-electron chi connectivity index (χ0n) is 17.9. The van der Waals surface area contributed by atoms with Crippen molar-refractivity contribution in [1.82, 2.24) is 5.32 Å². The summed E-state index contributed by atoms with van der Waals surface area (Å²) in [6.45, 7) is 1.43. The number of thioether (sulfide) groups is 1. The SMILES string of the molecule is CC(=O)Nc1ccc(NC(=O)CSC2=C(C#N)[C@@H](c3ccco3)C3=C(CCCC3=O)N2)cc1. The van der Waals surface area contributed by atoms with Gasteiger partial charge < -0.3 is 20.4 Å². The molecular weight excluding hydrogens is 440 g/mol. The lowest BCUT2D eigenvalue weighted by Crippen LogP contribution is -2.31. The monoisotopic (exact) mass is 462 g/mol. The Kier molecular flexibility index (Phi) is 6.66. The Labute approximate surface area is 195 Å². The van der Waals surface area contributed by atoms with E-state index in [0.717, 1.165) is 12.1 Å². The van der Waals surface area contributed by atoms with Crippen LogP contribution in [0.25, 0.3) is 0 Å². The van der Waals surface area contributed by atoms with Crippen LogP contribution in [0.3, 0.4) is 0 Å². The standard InChI is InChI=1S/C24H22N4O4S/c1-14(29)26-15-7-9-16(10-8-15)27-21(31)13-33-24-17(12-25)22(20-6-3-11-32-20)23-18(28-24)4-2-5-19(23)30/h3,6-11,22,28H,2,4-5,13H2,1H3,(H,26,29)(H,27,31)/t22-/m0/s1. The second-order valence-electron chi connectivity index (χ2n) is 7.69. The first-order valence-corrected chi connectivity index (χ1v) is 11.5. The Balaban J connectivity index is 1.49. The number of hydrogen-bond acceptors (Lipinski definition) is 7. The molecule has 0 fully saturated rings. The highest BCUT2D eigenvalue weighted by atomic mass is 32.2. The third-order valence-electron chi connectivity index (χ3n) is 5.33. The summed E-state index contributed by atoms with van der Waals surface area (Å²) in [7, 11) is 0. The molecule has 3 N–H and O–H groups in total. The van der Waals surface area contributed by atoms with Crippen LogP contribution in [0, 0.1) is 11.3 Å². The third kappa shape index (κ3) is 5.02. The van der Waals surface area contributed by atoms with Gasteiger partial charge in [-0.05, 0) is 49.2 Å². The van der Waals surface area contributed by atoms with Gasteiger partial charge in [0.15, 0.2) is 5.78 Å². The molecule has 9 heteroatoms. The van der Waals surface area contributed by atoms with Crippen molar-refractivity contribution < 1.29 is 18.8 Å². The molecule has 2 aromatic rings. The topological polar surface area (TPSA) is 124 Å². The van der Waals surface area contributed by atoms with Gasteiger partial charge in [0.25, 0.3) is 0 Å². The second kappa shape index (κ2) is 9.79. The summed E-state index contributed by atoms with van der Waals surface area (Å²) in [5, 5.41) is 19.2. The molecule has 0 saturated carbocycles. The van der Waals surface area contributed by atoms with Crippen molar-refractivity contribution >= 4 is 40.7 Å². The normalized spacial score (nSPS) is 17.7. The van der Waals surface area contributed by atoms with Crippen molar-refractivity contribution in [3.63, 3.8) is 0 Å². The molecule has 8 nitrogen and oxygen atoms in total. The van der Waals surface area contributed by atoms with Gasteiger partial charge in [0.2, 0.25) is 11.8 Å². The van der Waals surface area contributed by atoms with E-state index in [9.17, 15) is 19.6 Å². The number of benzene rings is 1. The molecular formula is C24H22N4O4S. The zero-order valence-corrected chi connectivity index (χ0v) is 18.8. The number of nitriles is 1. The Hall–Kier alpha value is -3.77. The van der Waals surface area contributed by atoms with Crippen LogP contribution >= 0.6 is 11.8 Å². The minimum atomic E-state index is -0.569. The number of nitrogens with zero attached hydrogens (tertiary/aromatic N) is 1. The van der Waals surface area contributed by atoms with E-state index < -0.39 is 5.92 Å². The van der Waals surface area contributed by atoms with E-state index in [1.54, 1.807) is 36.4 Å². The number of furan rings is 1. The largest absolute Gasteiger partial charge is 0.468 e. The fraction of sp³-hybridized carbons (Fsp3) is 0.250. The molecule has 2 amide bonds. The van der Waals surface area contributed by atoms with Gasteiger partial charge in [-0.15, -0.1) is 0 Å². The van der Waals surface area contributed by atoms with Crippen molar-refractivity contribution in [2.75, 3.05) is 16.4 Å². The first kappa shape index (κ1) is 22.4. The van der Waals surface area contributed by atoms with Crippen molar-refractivity contribution in [1.29, 1.82) is 5.26 Å². The molecule has 0 bridgehead atoms. The number of ketones is 1. The number of amides is 2. The number of rotatable bonds is 6. The van der Waals surface area contributed by atoms with E-state index in [0.29, 0.717) is 46.2 Å². The number of hydrogen-bond donors (Lipinski definition) is 3. The first-order chi connectivity index (χ1) is 16.0. The summed E-state index contributed by atoms with van der Waals surface area (Å²) >= 11 is 1.22. The predicted octanol–water partition coefficient (Wildman–Crippen LogP) is 4.04. The summed E-state index contributed by atoms with van der Waals surface area (Å²) in [4.78, 5) is 36.3. The molecule has 1 aliphatic heterocycles. The second-order valence-corrected chi connectivity index (χ2v) is 8.68. The molecule has 0 saturated heterocycles. The minimum absolute atomic E-state index is 0.0161. The summed E-state index contributed by atoms with van der Waals surface area (Å²) in [5.41, 5.74) is 2.98. The van der Waals surface area contributed by atoms with Crippen LogP contribution < -0.4 is 16.0 Å². The zero-order chi connectivity index (χ0) is 23.4. The average Bonchev–Trinajstić information content (AvgIpc) is 3.32. The summed E-state index contributed by atoms with van der Waals surface area (Å²) in [5.74, 6) is -0.355. The van der Waals surface area contributed by atoms with E-state index >= 15 is 0 Å². The Morgan fingerprint density at radius 1 is 1.18 bits per heavy atom. The van der Waals surface area contributed by atoms with Gasteiger partial charge >= 0.3 is 0 Å². The fourth-order valence-corrected chi connectivity index (χ4v) is 4.81. The number of anilines is 2. The van der Waals surface area contributed by atoms with Crippen LogP contribution in [0.5, 0.6) is 0 Å². The average molecular weight is 463 g/mol. The lowest BCUT2D eigenvalue weighted by molar-refractivity contribution is -0.116. The van der Waals surface area contributed by atoms with E-state index in [2.05, 4.69) is 22.0 Å². The van der Waals surface area contributed by atoms with Gasteiger partial charge in [0.05, 0.1) is 34.6 Å². The maximum Gasteiger partial charge on any atom is 0.234 e. The lowest BCUT2D eigenvalue weighted by Gasteiger charge is -2.32. The first-order valence-electron chi connectivity index (χ1n) is 10.5. The maximum atomic E-state index is 12.7. The lowest BCUT2D eigenvalue weighted by atomic mass is 9.79. The number of carbonyl (C=O) groups is 3. The summed E-state index contributed by atoms with van der Waals surface area (Å²) in [6, 6.07) is 12.5. The minimum Gasteiger partial charge on any atom is -0.468 e. The molecule has 0 spiro atoms. The molecule has 1 atom stereocenters. The third-order valence-corrected chi connectivity index (χ3v) is 6.34. The predicted molar refractivity (Wildman–Crippen MR) is 125 cm³/mol. The fourth-order valence-electron chi connectivity index (χ4n) is 3.95. The quantitative estimate of drug-likeness (QED) is 0.592. The summed E-state index contributed by atoms with van der Waals surface area (Å²) in [6.07, 6.45) is 3.41. The van der Waals surface area contributed by atoms with Gasteiger partial charge in [-0.2, -0.15) is 5.26 Å². The van der Waals surface area contributed by atoms with Gasteiger partial charge in [-0.1, -0.05) is 11.8 Å². The number of allylic oxidation sites excluding steroid dienone is 3. The van der Waals surface area contributed by atoms with Crippen LogP contribution in [0.1, 0.15) is 37.9 Å². The van der Waals surface area contributed by atoms with Crippen molar-refractivity contribution in [3.05, 3.63) is 70.3 Å². The highest BCUT2D eigenvalue weighted by Crippen LogP contribution is 2.44. The number of dihydropyridines is 1. The van der Waals surface area contributed by atoms with Gasteiger partial charge in [0.1, 0.15) is 5.76 Å². The number of nitrogens with one attached hydrogen (secondary N) is 3. The molecule has 2 aliphatic rings. The Morgan fingerprint density at radius 2 is 1.91 bits per heavy atom. The molecule has 0 radical (unpaired) electrons. The van der Waals surface area contributed by atoms with E-state index in [1.807, 2.05) is 0 Å². The number of Topliss-reactive ketones (excluding diaryl/α,β-unsaturated/α-hetero) is 1. The van der Waals surface area contributed by atoms with Gasteiger partial charge in [-0.3, -0.25) is 14.4 Å². The smallest absolute Gasteiger partial charge is 0.234 e. The van der Waals surface area contributed by atoms with Crippen LogP contribution in [0.4, 0.5) is 11.4 Å². The number of carbonyl (C=O) groups excluding carboxylic acids is 3. The van der Waals surface area contributed by atoms with Crippen LogP contribution in [0.15, 0.2) is 69.0 Å². The molecule has 0 unspecified atom stereocenters.